The predicted molar refractivity (Wildman–Crippen MR) is 83.6 cm³/mol. The minimum atomic E-state index is -0.617. The third-order valence-electron chi connectivity index (χ3n) is 4.15. The van der Waals surface area contributed by atoms with Crippen LogP contribution in [-0.2, 0) is 9.53 Å². The summed E-state index contributed by atoms with van der Waals surface area (Å²) in [5, 5.41) is 3.42. The largest absolute Gasteiger partial charge is 0.497 e. The number of hydrogen-bond acceptors (Lipinski definition) is 4. The first-order valence-corrected chi connectivity index (χ1v) is 7.50. The fourth-order valence-corrected chi connectivity index (χ4v) is 3.10. The molecule has 0 spiro atoms. The van der Waals surface area contributed by atoms with Crippen molar-refractivity contribution in [3.05, 3.63) is 24.3 Å². The highest BCUT2D eigenvalue weighted by Gasteiger charge is 2.49. The standard InChI is InChI=1S/C17H25NO3/c1-5-21-15(19)17(11-10-16(2,3)12-17)18-13-6-8-14(20-4)9-7-13/h6-9,18H,5,10-12H2,1-4H3. The average molecular weight is 291 g/mol. The second-order valence-corrected chi connectivity index (χ2v) is 6.50. The van der Waals surface area contributed by atoms with Gasteiger partial charge in [-0.15, -0.1) is 0 Å². The van der Waals surface area contributed by atoms with E-state index in [1.165, 1.54) is 0 Å². The van der Waals surface area contributed by atoms with Crippen LogP contribution in [0.4, 0.5) is 5.69 Å². The van der Waals surface area contributed by atoms with Gasteiger partial charge in [-0.2, -0.15) is 0 Å². The zero-order valence-corrected chi connectivity index (χ0v) is 13.4. The van der Waals surface area contributed by atoms with E-state index in [1.807, 2.05) is 31.2 Å². The first-order valence-electron chi connectivity index (χ1n) is 7.50. The van der Waals surface area contributed by atoms with E-state index in [-0.39, 0.29) is 11.4 Å². The Bertz CT molecular complexity index is 495. The van der Waals surface area contributed by atoms with Gasteiger partial charge in [-0.05, 0) is 55.9 Å². The molecule has 1 aromatic carbocycles. The van der Waals surface area contributed by atoms with E-state index < -0.39 is 5.54 Å². The minimum Gasteiger partial charge on any atom is -0.497 e. The van der Waals surface area contributed by atoms with E-state index in [9.17, 15) is 4.79 Å². The molecule has 0 heterocycles. The molecule has 0 bridgehead atoms. The lowest BCUT2D eigenvalue weighted by Crippen LogP contribution is -2.46. The number of anilines is 1. The Balaban J connectivity index is 2.22. The average Bonchev–Trinajstić information content (AvgIpc) is 2.76. The molecule has 1 saturated carbocycles. The summed E-state index contributed by atoms with van der Waals surface area (Å²) in [4.78, 5) is 12.5. The molecule has 0 amide bonds. The third-order valence-corrected chi connectivity index (χ3v) is 4.15. The van der Waals surface area contributed by atoms with E-state index >= 15 is 0 Å². The van der Waals surface area contributed by atoms with Crippen molar-refractivity contribution in [2.24, 2.45) is 5.41 Å². The molecule has 1 fully saturated rings. The minimum absolute atomic E-state index is 0.145. The SMILES string of the molecule is CCOC(=O)C1(Nc2ccc(OC)cc2)CCC(C)(C)C1. The van der Waals surface area contributed by atoms with E-state index in [0.717, 1.165) is 30.7 Å². The van der Waals surface area contributed by atoms with Gasteiger partial charge < -0.3 is 14.8 Å². The smallest absolute Gasteiger partial charge is 0.331 e. The van der Waals surface area contributed by atoms with E-state index in [2.05, 4.69) is 19.2 Å². The van der Waals surface area contributed by atoms with Gasteiger partial charge in [-0.3, -0.25) is 0 Å². The fraction of sp³-hybridized carbons (Fsp3) is 0.588. The number of ether oxygens (including phenoxy) is 2. The van der Waals surface area contributed by atoms with Crippen molar-refractivity contribution in [2.45, 2.75) is 45.6 Å². The Labute approximate surface area is 126 Å². The van der Waals surface area contributed by atoms with Crippen molar-refractivity contribution < 1.29 is 14.3 Å². The van der Waals surface area contributed by atoms with Gasteiger partial charge in [0.2, 0.25) is 0 Å². The molecule has 1 aliphatic carbocycles. The number of esters is 1. The molecule has 0 saturated heterocycles. The zero-order valence-electron chi connectivity index (χ0n) is 13.4. The molecule has 1 aliphatic rings. The van der Waals surface area contributed by atoms with Crippen molar-refractivity contribution in [2.75, 3.05) is 19.0 Å². The predicted octanol–water partition coefficient (Wildman–Crippen LogP) is 3.62. The summed E-state index contributed by atoms with van der Waals surface area (Å²) in [5.41, 5.74) is 0.446. The Morgan fingerprint density at radius 2 is 1.90 bits per heavy atom. The molecule has 4 nitrogen and oxygen atoms in total. The Kier molecular flexibility index (Phi) is 4.45. The fourth-order valence-electron chi connectivity index (χ4n) is 3.10. The summed E-state index contributed by atoms with van der Waals surface area (Å²) in [6.07, 6.45) is 2.59. The quantitative estimate of drug-likeness (QED) is 0.842. The number of rotatable bonds is 5. The van der Waals surface area contributed by atoms with Crippen molar-refractivity contribution >= 4 is 11.7 Å². The number of nitrogens with one attached hydrogen (secondary N) is 1. The van der Waals surface area contributed by atoms with E-state index in [4.69, 9.17) is 9.47 Å². The van der Waals surface area contributed by atoms with E-state index in [0.29, 0.717) is 6.61 Å². The Morgan fingerprint density at radius 3 is 2.38 bits per heavy atom. The van der Waals surface area contributed by atoms with Crippen molar-refractivity contribution in [1.82, 2.24) is 0 Å². The first-order chi connectivity index (χ1) is 9.91. The van der Waals surface area contributed by atoms with Crippen LogP contribution < -0.4 is 10.1 Å². The molecule has 0 aliphatic heterocycles. The number of hydrogen-bond donors (Lipinski definition) is 1. The maximum atomic E-state index is 12.5. The lowest BCUT2D eigenvalue weighted by atomic mass is 9.87. The Hall–Kier alpha value is -1.71. The molecule has 0 aromatic heterocycles. The lowest BCUT2D eigenvalue weighted by molar-refractivity contribution is -0.148. The highest BCUT2D eigenvalue weighted by atomic mass is 16.5. The van der Waals surface area contributed by atoms with Gasteiger partial charge in [0.1, 0.15) is 11.3 Å². The second-order valence-electron chi connectivity index (χ2n) is 6.50. The number of methoxy groups -OCH3 is 1. The maximum Gasteiger partial charge on any atom is 0.331 e. The molecule has 2 rings (SSSR count). The number of benzene rings is 1. The third kappa shape index (κ3) is 3.49. The van der Waals surface area contributed by atoms with E-state index in [1.54, 1.807) is 7.11 Å². The highest BCUT2D eigenvalue weighted by molar-refractivity contribution is 5.85. The zero-order chi connectivity index (χ0) is 15.5. The van der Waals surface area contributed by atoms with Crippen LogP contribution in [0.2, 0.25) is 0 Å². The monoisotopic (exact) mass is 291 g/mol. The van der Waals surface area contributed by atoms with Crippen molar-refractivity contribution in [3.8, 4) is 5.75 Å². The van der Waals surface area contributed by atoms with Gasteiger partial charge in [-0.25, -0.2) is 4.79 Å². The van der Waals surface area contributed by atoms with Gasteiger partial charge in [0.05, 0.1) is 13.7 Å². The number of carbonyl (C=O) groups is 1. The molecule has 0 radical (unpaired) electrons. The second kappa shape index (κ2) is 5.96. The van der Waals surface area contributed by atoms with Crippen molar-refractivity contribution in [3.63, 3.8) is 0 Å². The van der Waals surface area contributed by atoms with Crippen molar-refractivity contribution in [1.29, 1.82) is 0 Å². The Morgan fingerprint density at radius 1 is 1.24 bits per heavy atom. The summed E-state index contributed by atoms with van der Waals surface area (Å²) in [6.45, 7) is 6.65. The molecular formula is C17H25NO3. The van der Waals surface area contributed by atoms with Crippen LogP contribution >= 0.6 is 0 Å². The summed E-state index contributed by atoms with van der Waals surface area (Å²) in [5.74, 6) is 0.656. The van der Waals surface area contributed by atoms with Gasteiger partial charge in [0, 0.05) is 5.69 Å². The van der Waals surface area contributed by atoms with Crippen LogP contribution in [-0.4, -0.2) is 25.2 Å². The maximum absolute atomic E-state index is 12.5. The highest BCUT2D eigenvalue weighted by Crippen LogP contribution is 2.45. The summed E-state index contributed by atoms with van der Waals surface area (Å²) >= 11 is 0. The molecule has 116 valence electrons. The van der Waals surface area contributed by atoms with Crippen LogP contribution in [0.25, 0.3) is 0 Å². The van der Waals surface area contributed by atoms with Crippen LogP contribution in [0, 0.1) is 5.41 Å². The van der Waals surface area contributed by atoms with Crippen LogP contribution in [0.5, 0.6) is 5.75 Å². The van der Waals surface area contributed by atoms with Crippen LogP contribution in [0.3, 0.4) is 0 Å². The molecule has 21 heavy (non-hydrogen) atoms. The van der Waals surface area contributed by atoms with Crippen LogP contribution in [0.15, 0.2) is 24.3 Å². The molecule has 1 unspecified atom stereocenters. The molecule has 4 heteroatoms. The van der Waals surface area contributed by atoms with Gasteiger partial charge in [-0.1, -0.05) is 13.8 Å². The van der Waals surface area contributed by atoms with Crippen LogP contribution in [0.1, 0.15) is 40.0 Å². The first kappa shape index (κ1) is 15.7. The summed E-state index contributed by atoms with van der Waals surface area (Å²) in [6, 6.07) is 7.65. The molecule has 1 atom stereocenters. The molecule has 1 aromatic rings. The van der Waals surface area contributed by atoms with Gasteiger partial charge in [0.15, 0.2) is 0 Å². The van der Waals surface area contributed by atoms with Gasteiger partial charge >= 0.3 is 5.97 Å². The summed E-state index contributed by atoms with van der Waals surface area (Å²) in [7, 11) is 1.64. The topological polar surface area (TPSA) is 47.6 Å². The lowest BCUT2D eigenvalue weighted by Gasteiger charge is -2.31. The summed E-state index contributed by atoms with van der Waals surface area (Å²) < 4.78 is 10.5. The normalized spacial score (nSPS) is 23.6. The number of carbonyl (C=O) groups excluding carboxylic acids is 1. The molecular weight excluding hydrogens is 266 g/mol. The molecule has 1 N–H and O–H groups in total. The van der Waals surface area contributed by atoms with Gasteiger partial charge in [0.25, 0.3) is 0 Å².